The minimum Gasteiger partial charge on any atom is -0.497 e. The van der Waals surface area contributed by atoms with Crippen molar-refractivity contribution in [3.63, 3.8) is 0 Å². The van der Waals surface area contributed by atoms with Gasteiger partial charge in [0.15, 0.2) is 11.5 Å². The summed E-state index contributed by atoms with van der Waals surface area (Å²) < 4.78 is 21.0. The molecule has 0 saturated carbocycles. The van der Waals surface area contributed by atoms with Crippen molar-refractivity contribution in [2.24, 2.45) is 0 Å². The number of anilines is 1. The van der Waals surface area contributed by atoms with Crippen LogP contribution in [0.4, 0.5) is 5.69 Å². The molecule has 0 bridgehead atoms. The van der Waals surface area contributed by atoms with Gasteiger partial charge in [-0.25, -0.2) is 0 Å². The molecule has 0 aliphatic rings. The Bertz CT molecular complexity index is 758. The summed E-state index contributed by atoms with van der Waals surface area (Å²) in [6.45, 7) is 1.93. The van der Waals surface area contributed by atoms with Crippen LogP contribution in [0.1, 0.15) is 11.1 Å². The Morgan fingerprint density at radius 2 is 1.52 bits per heavy atom. The number of ether oxygens (including phenoxy) is 4. The first-order chi connectivity index (χ1) is 12.0. The van der Waals surface area contributed by atoms with Crippen LogP contribution in [0.25, 0.3) is 0 Å². The predicted molar refractivity (Wildman–Crippen MR) is 96.2 cm³/mol. The van der Waals surface area contributed by atoms with Crippen molar-refractivity contribution < 1.29 is 23.7 Å². The molecule has 0 saturated heterocycles. The van der Waals surface area contributed by atoms with Crippen molar-refractivity contribution in [1.82, 2.24) is 0 Å². The van der Waals surface area contributed by atoms with Gasteiger partial charge >= 0.3 is 0 Å². The van der Waals surface area contributed by atoms with Gasteiger partial charge in [-0.15, -0.1) is 0 Å². The molecule has 0 spiro atoms. The fourth-order valence-electron chi connectivity index (χ4n) is 2.48. The van der Waals surface area contributed by atoms with E-state index in [1.165, 1.54) is 0 Å². The van der Waals surface area contributed by atoms with Gasteiger partial charge in [-0.05, 0) is 42.3 Å². The largest absolute Gasteiger partial charge is 0.497 e. The second kappa shape index (κ2) is 8.28. The normalized spacial score (nSPS) is 10.1. The van der Waals surface area contributed by atoms with Crippen molar-refractivity contribution in [2.45, 2.75) is 13.3 Å². The maximum atomic E-state index is 12.4. The second-order valence-electron chi connectivity index (χ2n) is 5.42. The van der Waals surface area contributed by atoms with Crippen LogP contribution < -0.4 is 24.3 Å². The molecule has 1 amide bonds. The molecule has 1 N–H and O–H groups in total. The fraction of sp³-hybridized carbons (Fsp3) is 0.316. The molecule has 0 heterocycles. The van der Waals surface area contributed by atoms with Gasteiger partial charge in [0, 0.05) is 6.07 Å². The zero-order valence-corrected chi connectivity index (χ0v) is 15.1. The van der Waals surface area contributed by atoms with E-state index in [1.807, 2.05) is 19.1 Å². The van der Waals surface area contributed by atoms with E-state index in [0.29, 0.717) is 28.7 Å². The number of methoxy groups -OCH3 is 4. The van der Waals surface area contributed by atoms with Crippen LogP contribution in [0.2, 0.25) is 0 Å². The van der Waals surface area contributed by atoms with Crippen molar-refractivity contribution in [2.75, 3.05) is 33.8 Å². The lowest BCUT2D eigenvalue weighted by Crippen LogP contribution is -2.16. The SMILES string of the molecule is COc1ccc(NC(=O)Cc2cc(OC)c(OC)cc2C)c(OC)c1. The van der Waals surface area contributed by atoms with E-state index >= 15 is 0 Å². The third kappa shape index (κ3) is 4.35. The molecule has 0 radical (unpaired) electrons. The van der Waals surface area contributed by atoms with E-state index in [2.05, 4.69) is 5.32 Å². The number of carbonyl (C=O) groups is 1. The van der Waals surface area contributed by atoms with E-state index in [9.17, 15) is 4.79 Å². The van der Waals surface area contributed by atoms with Crippen molar-refractivity contribution in [3.8, 4) is 23.0 Å². The molecule has 0 aromatic heterocycles. The van der Waals surface area contributed by atoms with Crippen molar-refractivity contribution >= 4 is 11.6 Å². The van der Waals surface area contributed by atoms with Gasteiger partial charge in [0.2, 0.25) is 5.91 Å². The average Bonchev–Trinajstić information content (AvgIpc) is 2.63. The molecule has 0 aliphatic heterocycles. The van der Waals surface area contributed by atoms with Gasteiger partial charge in [0.1, 0.15) is 11.5 Å². The summed E-state index contributed by atoms with van der Waals surface area (Å²) in [5.74, 6) is 2.28. The van der Waals surface area contributed by atoms with Crippen LogP contribution in [-0.4, -0.2) is 34.3 Å². The lowest BCUT2D eigenvalue weighted by atomic mass is 10.0. The summed E-state index contributed by atoms with van der Waals surface area (Å²) in [4.78, 5) is 12.4. The summed E-state index contributed by atoms with van der Waals surface area (Å²) in [6, 6.07) is 8.91. The second-order valence-corrected chi connectivity index (χ2v) is 5.42. The maximum absolute atomic E-state index is 12.4. The third-order valence-electron chi connectivity index (χ3n) is 3.88. The maximum Gasteiger partial charge on any atom is 0.228 e. The number of benzene rings is 2. The van der Waals surface area contributed by atoms with Crippen LogP contribution in [0, 0.1) is 6.92 Å². The zero-order valence-electron chi connectivity index (χ0n) is 15.1. The van der Waals surface area contributed by atoms with Crippen LogP contribution in [-0.2, 0) is 11.2 Å². The topological polar surface area (TPSA) is 66.0 Å². The van der Waals surface area contributed by atoms with Crippen LogP contribution in [0.15, 0.2) is 30.3 Å². The minimum absolute atomic E-state index is 0.154. The summed E-state index contributed by atoms with van der Waals surface area (Å²) in [6.07, 6.45) is 0.210. The standard InChI is InChI=1S/C19H23NO5/c1-12-8-17(24-4)18(25-5)9-13(12)10-19(21)20-15-7-6-14(22-2)11-16(15)23-3/h6-9,11H,10H2,1-5H3,(H,20,21). The first-order valence-corrected chi connectivity index (χ1v) is 7.75. The monoisotopic (exact) mass is 345 g/mol. The van der Waals surface area contributed by atoms with Gasteiger partial charge in [-0.3, -0.25) is 4.79 Å². The predicted octanol–water partition coefficient (Wildman–Crippen LogP) is 3.21. The molecule has 6 heteroatoms. The molecule has 25 heavy (non-hydrogen) atoms. The number of carbonyl (C=O) groups excluding carboxylic acids is 1. The molecule has 2 aromatic rings. The Kier molecular flexibility index (Phi) is 6.11. The highest BCUT2D eigenvalue weighted by Gasteiger charge is 2.14. The highest BCUT2D eigenvalue weighted by molar-refractivity contribution is 5.94. The summed E-state index contributed by atoms with van der Waals surface area (Å²) >= 11 is 0. The Morgan fingerprint density at radius 1 is 0.880 bits per heavy atom. The van der Waals surface area contributed by atoms with E-state index in [1.54, 1.807) is 46.6 Å². The Hall–Kier alpha value is -2.89. The minimum atomic E-state index is -0.154. The number of amides is 1. The molecular formula is C19H23NO5. The lowest BCUT2D eigenvalue weighted by Gasteiger charge is -2.14. The zero-order chi connectivity index (χ0) is 18.4. The molecule has 134 valence electrons. The van der Waals surface area contributed by atoms with Crippen LogP contribution >= 0.6 is 0 Å². The Morgan fingerprint density at radius 3 is 2.12 bits per heavy atom. The van der Waals surface area contributed by atoms with Crippen LogP contribution in [0.5, 0.6) is 23.0 Å². The van der Waals surface area contributed by atoms with Crippen molar-refractivity contribution in [1.29, 1.82) is 0 Å². The number of hydrogen-bond donors (Lipinski definition) is 1. The smallest absolute Gasteiger partial charge is 0.228 e. The van der Waals surface area contributed by atoms with E-state index in [4.69, 9.17) is 18.9 Å². The molecular weight excluding hydrogens is 322 g/mol. The average molecular weight is 345 g/mol. The number of rotatable bonds is 7. The molecule has 2 rings (SSSR count). The molecule has 0 atom stereocenters. The van der Waals surface area contributed by atoms with Crippen molar-refractivity contribution in [3.05, 3.63) is 41.5 Å². The van der Waals surface area contributed by atoms with E-state index in [-0.39, 0.29) is 12.3 Å². The molecule has 0 fully saturated rings. The van der Waals surface area contributed by atoms with Gasteiger partial charge < -0.3 is 24.3 Å². The van der Waals surface area contributed by atoms with E-state index < -0.39 is 0 Å². The fourth-order valence-corrected chi connectivity index (χ4v) is 2.48. The molecule has 2 aromatic carbocycles. The van der Waals surface area contributed by atoms with E-state index in [0.717, 1.165) is 11.1 Å². The Labute approximate surface area is 147 Å². The van der Waals surface area contributed by atoms with Gasteiger partial charge in [-0.1, -0.05) is 0 Å². The first-order valence-electron chi connectivity index (χ1n) is 7.75. The highest BCUT2D eigenvalue weighted by atomic mass is 16.5. The first kappa shape index (κ1) is 18.4. The number of nitrogens with one attached hydrogen (secondary N) is 1. The molecule has 0 aliphatic carbocycles. The molecule has 0 unspecified atom stereocenters. The highest BCUT2D eigenvalue weighted by Crippen LogP contribution is 2.31. The lowest BCUT2D eigenvalue weighted by molar-refractivity contribution is -0.115. The third-order valence-corrected chi connectivity index (χ3v) is 3.88. The number of hydrogen-bond acceptors (Lipinski definition) is 5. The summed E-state index contributed by atoms with van der Waals surface area (Å²) in [5, 5.41) is 2.86. The van der Waals surface area contributed by atoms with Crippen LogP contribution in [0.3, 0.4) is 0 Å². The van der Waals surface area contributed by atoms with Gasteiger partial charge in [0.05, 0.1) is 40.5 Å². The quantitative estimate of drug-likeness (QED) is 0.835. The summed E-state index contributed by atoms with van der Waals surface area (Å²) in [5.41, 5.74) is 2.41. The van der Waals surface area contributed by atoms with Gasteiger partial charge in [0.25, 0.3) is 0 Å². The summed E-state index contributed by atoms with van der Waals surface area (Å²) in [7, 11) is 6.27. The number of aryl methyl sites for hydroxylation is 1. The van der Waals surface area contributed by atoms with Gasteiger partial charge in [-0.2, -0.15) is 0 Å². The Balaban J connectivity index is 2.18. The molecule has 6 nitrogen and oxygen atoms in total.